The van der Waals surface area contributed by atoms with Crippen molar-refractivity contribution >= 4 is 44.7 Å². The van der Waals surface area contributed by atoms with E-state index in [0.717, 1.165) is 28.5 Å². The van der Waals surface area contributed by atoms with Crippen molar-refractivity contribution < 1.29 is 7.80 Å². The first-order valence-corrected chi connectivity index (χ1v) is 13.6. The first-order valence-electron chi connectivity index (χ1n) is 12.7. The third kappa shape index (κ3) is 4.43. The fourth-order valence-corrected chi connectivity index (χ4v) is 6.68. The Morgan fingerprint density at radius 2 is 1.94 bits per heavy atom. The quantitative estimate of drug-likeness (QED) is 0.213. The molecular weight excluding hydrogens is 547 g/mol. The van der Waals surface area contributed by atoms with Gasteiger partial charge in [-0.2, -0.15) is 0 Å². The molecule has 0 spiro atoms. The molecule has 3 aliphatic rings. The molecule has 4 aromatic rings. The summed E-state index contributed by atoms with van der Waals surface area (Å²) in [5, 5.41) is 3.65. The van der Waals surface area contributed by atoms with Crippen molar-refractivity contribution in [2.24, 2.45) is 11.8 Å². The number of halogens is 1. The van der Waals surface area contributed by atoms with E-state index in [1.54, 1.807) is 0 Å². The van der Waals surface area contributed by atoms with Crippen LogP contribution in [0.2, 0.25) is 0 Å². The van der Waals surface area contributed by atoms with Crippen LogP contribution in [0.3, 0.4) is 0 Å². The number of hydrogen-bond acceptors (Lipinski definition) is 4. The van der Waals surface area contributed by atoms with Crippen LogP contribution in [-0.4, -0.2) is 29.0 Å². The zero-order valence-electron chi connectivity index (χ0n) is 20.1. The fourth-order valence-electron chi connectivity index (χ4n) is 6.41. The topological polar surface area (TPSA) is 34.6 Å². The number of rotatable bonds is 7. The average molecular weight is 578 g/mol. The van der Waals surface area contributed by atoms with Crippen molar-refractivity contribution in [1.29, 1.82) is 0 Å². The molecule has 3 saturated heterocycles. The van der Waals surface area contributed by atoms with Crippen LogP contribution in [0.5, 0.6) is 5.75 Å². The molecule has 5 heteroatoms. The van der Waals surface area contributed by atoms with E-state index < -0.39 is 0 Å². The number of fused-ring (bicyclic) bond motifs is 5. The lowest BCUT2D eigenvalue weighted by atomic mass is 9.72. The highest BCUT2D eigenvalue weighted by molar-refractivity contribution is 14.1. The molecule has 0 amide bonds. The Bertz CT molecular complexity index is 1340. The van der Waals surface area contributed by atoms with Crippen molar-refractivity contribution in [3.05, 3.63) is 84.1 Å². The van der Waals surface area contributed by atoms with Crippen molar-refractivity contribution in [3.8, 4) is 5.75 Å². The molecule has 2 bridgehead atoms. The highest BCUT2D eigenvalue weighted by Gasteiger charge is 2.43. The fraction of sp³-hybridized carbons (Fsp3) is 0.367. The lowest BCUT2D eigenvalue weighted by molar-refractivity contribution is -0.0877. The Balaban J connectivity index is 1.40. The molecule has 5 atom stereocenters. The second kappa shape index (κ2) is 10.0. The van der Waals surface area contributed by atoms with Gasteiger partial charge in [-0.05, 0) is 77.4 Å². The maximum absolute atomic E-state index is 6.95. The van der Waals surface area contributed by atoms with Gasteiger partial charge in [0.05, 0.1) is 18.2 Å². The van der Waals surface area contributed by atoms with Gasteiger partial charge in [-0.15, -0.1) is 0 Å². The highest BCUT2D eigenvalue weighted by atomic mass is 127. The number of aromatic nitrogens is 1. The van der Waals surface area contributed by atoms with E-state index in [1.807, 2.05) is 35.3 Å². The van der Waals surface area contributed by atoms with E-state index in [0.29, 0.717) is 12.6 Å². The van der Waals surface area contributed by atoms with Crippen LogP contribution in [0.4, 0.5) is 0 Å². The van der Waals surface area contributed by atoms with E-state index in [2.05, 4.69) is 77.5 Å². The summed E-state index contributed by atoms with van der Waals surface area (Å²) in [5.41, 5.74) is 3.45. The van der Waals surface area contributed by atoms with Crippen LogP contribution in [-0.2, 0) is 11.3 Å². The molecule has 3 fully saturated rings. The molecule has 0 saturated carbocycles. The van der Waals surface area contributed by atoms with Crippen molar-refractivity contribution in [3.63, 3.8) is 0 Å². The van der Waals surface area contributed by atoms with Crippen LogP contribution in [0.15, 0.2) is 72.9 Å². The van der Waals surface area contributed by atoms with Crippen LogP contribution < -0.4 is 3.07 Å². The third-order valence-electron chi connectivity index (χ3n) is 8.25. The first kappa shape index (κ1) is 23.2. The van der Waals surface area contributed by atoms with E-state index in [1.165, 1.54) is 54.3 Å². The molecule has 1 aromatic heterocycles. The number of benzene rings is 3. The van der Waals surface area contributed by atoms with Gasteiger partial charge in [0.25, 0.3) is 0 Å². The molecule has 3 aliphatic heterocycles. The molecule has 180 valence electrons. The predicted molar refractivity (Wildman–Crippen MR) is 150 cm³/mol. The molecule has 4 nitrogen and oxygen atoms in total. The lowest BCUT2D eigenvalue weighted by Crippen LogP contribution is -2.55. The number of nitrogens with zero attached hydrogens (tertiary/aromatic N) is 2. The van der Waals surface area contributed by atoms with E-state index in [4.69, 9.17) is 7.80 Å². The molecule has 0 aliphatic carbocycles. The zero-order chi connectivity index (χ0) is 23.8. The number of ether oxygens (including phenoxy) is 1. The standard InChI is InChI=1S/C30H31IN2O2/c1-2-20-18-33-15-13-22(20)16-29(33)30(26-12-14-32-28-11-10-24(35-31)17-27(26)28)34-19-23-8-5-7-21-6-3-4-9-25(21)23/h3-12,14,17,20,22,29-30H,2,13,15-16,18-19H2,1H3/t20?,22?,29?,30-/m0/s1. The second-order valence-electron chi connectivity index (χ2n) is 10.0. The zero-order valence-corrected chi connectivity index (χ0v) is 22.2. The minimum absolute atomic E-state index is 0.0236. The Morgan fingerprint density at radius 3 is 2.77 bits per heavy atom. The maximum atomic E-state index is 6.95. The summed E-state index contributed by atoms with van der Waals surface area (Å²) in [6.45, 7) is 5.29. The van der Waals surface area contributed by atoms with Crippen LogP contribution >= 0.6 is 23.0 Å². The van der Waals surface area contributed by atoms with Gasteiger partial charge >= 0.3 is 0 Å². The first-order chi connectivity index (χ1) is 17.2. The number of pyridine rings is 1. The largest absolute Gasteiger partial charge is 0.428 e. The van der Waals surface area contributed by atoms with Gasteiger partial charge in [-0.25, -0.2) is 0 Å². The van der Waals surface area contributed by atoms with E-state index >= 15 is 0 Å². The summed E-state index contributed by atoms with van der Waals surface area (Å²) in [7, 11) is 0. The van der Waals surface area contributed by atoms with Gasteiger partial charge in [0, 0.05) is 24.2 Å². The number of hydrogen-bond donors (Lipinski definition) is 0. The highest BCUT2D eigenvalue weighted by Crippen LogP contribution is 2.44. The molecule has 0 radical (unpaired) electrons. The lowest BCUT2D eigenvalue weighted by Gasteiger charge is -2.52. The SMILES string of the molecule is CCC1CN2CCC1CC2[C@@H](OCc1cccc2ccccc12)c1ccnc2ccc(OI)cc12. The molecule has 7 rings (SSSR count). The Morgan fingerprint density at radius 1 is 1.06 bits per heavy atom. The van der Waals surface area contributed by atoms with E-state index in [9.17, 15) is 0 Å². The monoisotopic (exact) mass is 578 g/mol. The van der Waals surface area contributed by atoms with Gasteiger partial charge in [0.2, 0.25) is 0 Å². The van der Waals surface area contributed by atoms with Gasteiger partial charge in [0.1, 0.15) is 5.75 Å². The molecule has 0 N–H and O–H groups in total. The van der Waals surface area contributed by atoms with Gasteiger partial charge in [0.15, 0.2) is 23.0 Å². The van der Waals surface area contributed by atoms with Gasteiger partial charge in [-0.3, -0.25) is 9.88 Å². The summed E-state index contributed by atoms with van der Waals surface area (Å²) < 4.78 is 12.5. The summed E-state index contributed by atoms with van der Waals surface area (Å²) in [5.74, 6) is 2.45. The Kier molecular flexibility index (Phi) is 6.65. The smallest absolute Gasteiger partial charge is 0.192 e. The molecule has 4 heterocycles. The van der Waals surface area contributed by atoms with Gasteiger partial charge < -0.3 is 7.80 Å². The predicted octanol–water partition coefficient (Wildman–Crippen LogP) is 7.50. The normalized spacial score (nSPS) is 24.6. The molecule has 35 heavy (non-hydrogen) atoms. The van der Waals surface area contributed by atoms with Crippen LogP contribution in [0.25, 0.3) is 21.7 Å². The summed E-state index contributed by atoms with van der Waals surface area (Å²) in [6, 6.07) is 23.8. The summed E-state index contributed by atoms with van der Waals surface area (Å²) >= 11 is 1.95. The van der Waals surface area contributed by atoms with Crippen molar-refractivity contribution in [2.75, 3.05) is 13.1 Å². The molecule has 4 unspecified atom stereocenters. The minimum Gasteiger partial charge on any atom is -0.428 e. The molecular formula is C30H31IN2O2. The van der Waals surface area contributed by atoms with E-state index in [-0.39, 0.29) is 6.10 Å². The second-order valence-corrected chi connectivity index (χ2v) is 10.5. The summed E-state index contributed by atoms with van der Waals surface area (Å²) in [4.78, 5) is 7.35. The Hall–Kier alpha value is -2.22. The van der Waals surface area contributed by atoms with Crippen LogP contribution in [0, 0.1) is 11.8 Å². The molecule has 3 aromatic carbocycles. The van der Waals surface area contributed by atoms with Crippen molar-refractivity contribution in [1.82, 2.24) is 9.88 Å². The maximum Gasteiger partial charge on any atom is 0.192 e. The number of piperidine rings is 3. The third-order valence-corrected chi connectivity index (χ3v) is 8.76. The Labute approximate surface area is 221 Å². The summed E-state index contributed by atoms with van der Waals surface area (Å²) in [6.07, 6.45) is 5.69. The van der Waals surface area contributed by atoms with Crippen molar-refractivity contribution in [2.45, 2.75) is 44.9 Å². The average Bonchev–Trinajstić information content (AvgIpc) is 2.93. The minimum atomic E-state index is -0.0236. The van der Waals surface area contributed by atoms with Crippen LogP contribution in [0.1, 0.15) is 43.4 Å². The van der Waals surface area contributed by atoms with Gasteiger partial charge in [-0.1, -0.05) is 55.8 Å².